The van der Waals surface area contributed by atoms with Gasteiger partial charge in [0.25, 0.3) is 0 Å². The van der Waals surface area contributed by atoms with Crippen molar-refractivity contribution in [1.29, 1.82) is 0 Å². The maximum Gasteiger partial charge on any atom is 0.305 e. The fourth-order valence-corrected chi connectivity index (χ4v) is 3.58. The molecule has 0 aliphatic rings. The van der Waals surface area contributed by atoms with Crippen LogP contribution < -0.4 is 0 Å². The van der Waals surface area contributed by atoms with Crippen molar-refractivity contribution in [3.8, 4) is 0 Å². The van der Waals surface area contributed by atoms with Crippen molar-refractivity contribution in [2.24, 2.45) is 5.92 Å². The van der Waals surface area contributed by atoms with Crippen molar-refractivity contribution in [3.05, 3.63) is 0 Å². The molecule has 168 valence electrons. The van der Waals surface area contributed by atoms with Crippen molar-refractivity contribution in [1.82, 2.24) is 0 Å². The van der Waals surface area contributed by atoms with E-state index in [0.29, 0.717) is 6.42 Å². The number of aliphatic hydroxyl groups is 1. The highest BCUT2D eigenvalue weighted by molar-refractivity contribution is 5.69. The van der Waals surface area contributed by atoms with E-state index in [1.54, 1.807) is 6.92 Å². The van der Waals surface area contributed by atoms with Gasteiger partial charge in [-0.25, -0.2) is 0 Å². The Morgan fingerprint density at radius 2 is 1.00 bits per heavy atom. The lowest BCUT2D eigenvalue weighted by atomic mass is 10.0. The minimum absolute atomic E-state index is 0.122. The molecule has 0 bridgehead atoms. The Balaban J connectivity index is 3.09. The van der Waals surface area contributed by atoms with Gasteiger partial charge < -0.3 is 9.84 Å². The zero-order chi connectivity index (χ0) is 20.9. The Morgan fingerprint density at radius 3 is 1.36 bits per heavy atom. The van der Waals surface area contributed by atoms with Crippen molar-refractivity contribution >= 4 is 5.97 Å². The molecule has 0 radical (unpaired) electrons. The van der Waals surface area contributed by atoms with E-state index in [1.807, 2.05) is 0 Å². The second-order valence-corrected chi connectivity index (χ2v) is 9.12. The topological polar surface area (TPSA) is 46.5 Å². The Kier molecular flexibility index (Phi) is 20.7. The molecule has 1 N–H and O–H groups in total. The molecule has 0 aromatic carbocycles. The number of rotatable bonds is 21. The smallest absolute Gasteiger partial charge is 0.305 e. The molecule has 0 aromatic heterocycles. The molecule has 1 unspecified atom stereocenters. The van der Waals surface area contributed by atoms with Crippen LogP contribution in [0.3, 0.4) is 0 Å². The number of carbonyl (C=O) groups excluding carboxylic acids is 1. The Bertz CT molecular complexity index is 326. The van der Waals surface area contributed by atoms with Crippen LogP contribution in [0.25, 0.3) is 0 Å². The normalized spacial score (nSPS) is 12.5. The molecular formula is C25H50O3. The average molecular weight is 399 g/mol. The maximum absolute atomic E-state index is 11.4. The number of esters is 1. The van der Waals surface area contributed by atoms with Gasteiger partial charge in [-0.1, -0.05) is 117 Å². The van der Waals surface area contributed by atoms with E-state index in [2.05, 4.69) is 13.8 Å². The number of ether oxygens (including phenoxy) is 1. The predicted molar refractivity (Wildman–Crippen MR) is 121 cm³/mol. The third kappa shape index (κ3) is 23.5. The van der Waals surface area contributed by atoms with Gasteiger partial charge in [0, 0.05) is 6.42 Å². The van der Waals surface area contributed by atoms with E-state index >= 15 is 0 Å². The molecule has 3 nitrogen and oxygen atoms in total. The number of hydrogen-bond donors (Lipinski definition) is 1. The quantitative estimate of drug-likeness (QED) is 0.160. The molecule has 0 fully saturated rings. The summed E-state index contributed by atoms with van der Waals surface area (Å²) in [7, 11) is 0. The molecule has 0 aliphatic heterocycles. The molecule has 0 aliphatic carbocycles. The van der Waals surface area contributed by atoms with Crippen molar-refractivity contribution in [2.45, 2.75) is 142 Å². The van der Waals surface area contributed by atoms with Crippen LogP contribution in [-0.4, -0.2) is 23.8 Å². The summed E-state index contributed by atoms with van der Waals surface area (Å²) in [6.07, 6.45) is 22.8. The molecule has 0 heterocycles. The summed E-state index contributed by atoms with van der Waals surface area (Å²) in [4.78, 5) is 11.4. The Morgan fingerprint density at radius 1 is 0.643 bits per heavy atom. The first kappa shape index (κ1) is 27.4. The average Bonchev–Trinajstić information content (AvgIpc) is 2.65. The lowest BCUT2D eigenvalue weighted by Crippen LogP contribution is -2.14. The van der Waals surface area contributed by atoms with Gasteiger partial charge in [0.2, 0.25) is 0 Å². The van der Waals surface area contributed by atoms with Crippen molar-refractivity contribution < 1.29 is 14.6 Å². The minimum atomic E-state index is -0.562. The molecule has 1 atom stereocenters. The van der Waals surface area contributed by atoms with Gasteiger partial charge in [0.15, 0.2) is 0 Å². The van der Waals surface area contributed by atoms with Gasteiger partial charge in [-0.3, -0.25) is 4.79 Å². The number of unbranched alkanes of at least 4 members (excludes halogenated alkanes) is 15. The summed E-state index contributed by atoms with van der Waals surface area (Å²) in [5.74, 6) is 0.699. The molecular weight excluding hydrogens is 348 g/mol. The van der Waals surface area contributed by atoms with Gasteiger partial charge in [0.05, 0.1) is 6.10 Å². The van der Waals surface area contributed by atoms with Gasteiger partial charge in [-0.2, -0.15) is 0 Å². The summed E-state index contributed by atoms with van der Waals surface area (Å²) in [6, 6.07) is 0. The van der Waals surface area contributed by atoms with Crippen LogP contribution in [-0.2, 0) is 9.53 Å². The minimum Gasteiger partial charge on any atom is -0.463 e. The van der Waals surface area contributed by atoms with E-state index in [4.69, 9.17) is 9.84 Å². The van der Waals surface area contributed by atoms with E-state index in [-0.39, 0.29) is 12.6 Å². The summed E-state index contributed by atoms with van der Waals surface area (Å²) in [6.45, 7) is 6.40. The van der Waals surface area contributed by atoms with Crippen LogP contribution in [0, 0.1) is 5.92 Å². The monoisotopic (exact) mass is 398 g/mol. The first-order chi connectivity index (χ1) is 13.5. The zero-order valence-corrected chi connectivity index (χ0v) is 19.4. The summed E-state index contributed by atoms with van der Waals surface area (Å²) >= 11 is 0. The predicted octanol–water partition coefficient (Wildman–Crippen LogP) is 7.59. The van der Waals surface area contributed by atoms with Gasteiger partial charge >= 0.3 is 5.97 Å². The molecule has 28 heavy (non-hydrogen) atoms. The van der Waals surface area contributed by atoms with Gasteiger partial charge in [-0.05, 0) is 19.3 Å². The van der Waals surface area contributed by atoms with E-state index in [0.717, 1.165) is 18.8 Å². The fourth-order valence-electron chi connectivity index (χ4n) is 3.58. The van der Waals surface area contributed by atoms with Gasteiger partial charge in [0.1, 0.15) is 6.61 Å². The number of aliphatic hydroxyl groups excluding tert-OH is 1. The van der Waals surface area contributed by atoms with Crippen LogP contribution in [0.4, 0.5) is 0 Å². The zero-order valence-electron chi connectivity index (χ0n) is 19.4. The second-order valence-electron chi connectivity index (χ2n) is 9.12. The first-order valence-electron chi connectivity index (χ1n) is 12.4. The molecule has 0 spiro atoms. The van der Waals surface area contributed by atoms with Gasteiger partial charge in [-0.15, -0.1) is 0 Å². The molecule has 0 saturated heterocycles. The number of carbonyl (C=O) groups is 1. The van der Waals surface area contributed by atoms with Crippen LogP contribution in [0.5, 0.6) is 0 Å². The first-order valence-corrected chi connectivity index (χ1v) is 12.4. The highest BCUT2D eigenvalue weighted by Gasteiger charge is 2.04. The Hall–Kier alpha value is -0.570. The van der Waals surface area contributed by atoms with E-state index < -0.39 is 6.10 Å². The summed E-state index contributed by atoms with van der Waals surface area (Å²) < 4.78 is 4.95. The molecule has 0 saturated carbocycles. The molecule has 0 rings (SSSR count). The van der Waals surface area contributed by atoms with Crippen molar-refractivity contribution in [2.75, 3.05) is 6.61 Å². The highest BCUT2D eigenvalue weighted by Crippen LogP contribution is 2.15. The highest BCUT2D eigenvalue weighted by atomic mass is 16.5. The lowest BCUT2D eigenvalue weighted by molar-refractivity contribution is -0.146. The van der Waals surface area contributed by atoms with Crippen molar-refractivity contribution in [3.63, 3.8) is 0 Å². The summed E-state index contributed by atoms with van der Waals surface area (Å²) in [5, 5.41) is 9.06. The van der Waals surface area contributed by atoms with E-state index in [1.165, 1.54) is 96.3 Å². The Labute approximate surface area is 176 Å². The van der Waals surface area contributed by atoms with E-state index in [9.17, 15) is 4.79 Å². The standard InChI is InChI=1S/C25H50O3/c1-23(2)20-18-16-14-12-10-8-6-4-5-7-9-11-13-15-17-19-21-25(27)28-22-24(3)26/h23-24,26H,4-22H2,1-3H3. The number of hydrogen-bond acceptors (Lipinski definition) is 3. The maximum atomic E-state index is 11.4. The second kappa shape index (κ2) is 21.1. The largest absolute Gasteiger partial charge is 0.463 e. The molecule has 0 aromatic rings. The van der Waals surface area contributed by atoms with Crippen LogP contribution >= 0.6 is 0 Å². The third-order valence-electron chi connectivity index (χ3n) is 5.40. The lowest BCUT2D eigenvalue weighted by Gasteiger charge is -2.06. The summed E-state index contributed by atoms with van der Waals surface area (Å²) in [5.41, 5.74) is 0. The fraction of sp³-hybridized carbons (Fsp3) is 0.960. The molecule has 3 heteroatoms. The SMILES string of the molecule is CC(C)CCCCCCCCCCCCCCCCCCC(=O)OCC(C)O. The van der Waals surface area contributed by atoms with Crippen LogP contribution in [0.2, 0.25) is 0 Å². The van der Waals surface area contributed by atoms with Crippen LogP contribution in [0.15, 0.2) is 0 Å². The third-order valence-corrected chi connectivity index (χ3v) is 5.40. The molecule has 0 amide bonds. The van der Waals surface area contributed by atoms with Crippen LogP contribution in [0.1, 0.15) is 136 Å².